The number of carbonyl (C=O) groups is 3. The molecular formula is C24H23BrN2O6S. The van der Waals surface area contributed by atoms with E-state index < -0.39 is 17.8 Å². The number of rotatable bonds is 8. The first-order valence-corrected chi connectivity index (χ1v) is 11.7. The Bertz CT molecular complexity index is 1160. The van der Waals surface area contributed by atoms with Gasteiger partial charge in [0.2, 0.25) is 0 Å². The van der Waals surface area contributed by atoms with Gasteiger partial charge in [-0.2, -0.15) is 0 Å². The topological polar surface area (TPSA) is 94.2 Å². The Hall–Kier alpha value is -3.24. The number of esters is 1. The maximum atomic E-state index is 13.2. The van der Waals surface area contributed by atoms with E-state index in [9.17, 15) is 14.4 Å². The molecule has 1 aliphatic rings. The number of methoxy groups -OCH3 is 1. The molecule has 0 unspecified atom stereocenters. The van der Waals surface area contributed by atoms with Gasteiger partial charge in [0, 0.05) is 0 Å². The van der Waals surface area contributed by atoms with Crippen molar-refractivity contribution in [2.24, 2.45) is 0 Å². The number of nitrogens with one attached hydrogen (secondary N) is 1. The van der Waals surface area contributed by atoms with Gasteiger partial charge in [-0.05, 0) is 83.0 Å². The smallest absolute Gasteiger partial charge is 0.344 e. The number of hydrogen-bond acceptors (Lipinski definition) is 7. The van der Waals surface area contributed by atoms with Gasteiger partial charge < -0.3 is 14.2 Å². The van der Waals surface area contributed by atoms with Crippen molar-refractivity contribution in [2.75, 3.05) is 25.2 Å². The Balaban J connectivity index is 1.92. The number of amides is 2. The Morgan fingerprint density at radius 2 is 1.88 bits per heavy atom. The van der Waals surface area contributed by atoms with E-state index in [1.807, 2.05) is 19.1 Å². The molecule has 1 N–H and O–H groups in total. The average Bonchev–Trinajstić information content (AvgIpc) is 2.81. The standard InChI is InChI=1S/C24H23BrN2O6S/c1-4-14-6-8-16(9-7-14)27-23(30)17(22(29)26-24(27)34)10-15-11-18(25)21(19(12-15)31-3)33-13-20(28)32-5-2/h6-12H,4-5,13H2,1-3H3,(H,26,29,34)/b17-10+. The maximum Gasteiger partial charge on any atom is 0.344 e. The van der Waals surface area contributed by atoms with Crippen LogP contribution in [0.5, 0.6) is 11.5 Å². The molecule has 10 heteroatoms. The zero-order chi connectivity index (χ0) is 24.8. The van der Waals surface area contributed by atoms with Crippen LogP contribution in [0.4, 0.5) is 5.69 Å². The van der Waals surface area contributed by atoms with Crippen molar-refractivity contribution < 1.29 is 28.6 Å². The van der Waals surface area contributed by atoms with Crippen molar-refractivity contribution in [3.8, 4) is 11.5 Å². The van der Waals surface area contributed by atoms with Gasteiger partial charge >= 0.3 is 5.97 Å². The zero-order valence-corrected chi connectivity index (χ0v) is 21.2. The van der Waals surface area contributed by atoms with Crippen LogP contribution < -0.4 is 19.7 Å². The number of aryl methyl sites for hydroxylation is 1. The van der Waals surface area contributed by atoms with Crippen LogP contribution in [-0.2, 0) is 25.5 Å². The van der Waals surface area contributed by atoms with Crippen LogP contribution in [0.25, 0.3) is 6.08 Å². The summed E-state index contributed by atoms with van der Waals surface area (Å²) in [5, 5.41) is 2.58. The van der Waals surface area contributed by atoms with Crippen LogP contribution in [0, 0.1) is 0 Å². The third-order valence-corrected chi connectivity index (χ3v) is 5.78. The number of benzene rings is 2. The van der Waals surface area contributed by atoms with Crippen molar-refractivity contribution in [2.45, 2.75) is 20.3 Å². The minimum atomic E-state index is -0.603. The summed E-state index contributed by atoms with van der Waals surface area (Å²) in [6, 6.07) is 10.6. The largest absolute Gasteiger partial charge is 0.493 e. The van der Waals surface area contributed by atoms with Gasteiger partial charge in [-0.3, -0.25) is 19.8 Å². The van der Waals surface area contributed by atoms with Crippen molar-refractivity contribution in [1.29, 1.82) is 0 Å². The molecular weight excluding hydrogens is 524 g/mol. The minimum absolute atomic E-state index is 0.0119. The molecule has 1 saturated heterocycles. The summed E-state index contributed by atoms with van der Waals surface area (Å²) in [7, 11) is 1.44. The summed E-state index contributed by atoms with van der Waals surface area (Å²) in [5.74, 6) is -1.08. The van der Waals surface area contributed by atoms with E-state index in [2.05, 4.69) is 21.2 Å². The fourth-order valence-corrected chi connectivity index (χ4v) is 4.09. The summed E-state index contributed by atoms with van der Waals surface area (Å²) in [6.07, 6.45) is 2.30. The van der Waals surface area contributed by atoms with Gasteiger partial charge in [0.25, 0.3) is 11.8 Å². The Morgan fingerprint density at radius 1 is 1.18 bits per heavy atom. The highest BCUT2D eigenvalue weighted by Crippen LogP contribution is 2.37. The van der Waals surface area contributed by atoms with Crippen LogP contribution in [-0.4, -0.2) is 43.2 Å². The second kappa shape index (κ2) is 11.3. The van der Waals surface area contributed by atoms with Gasteiger partial charge in [0.05, 0.1) is 23.9 Å². The van der Waals surface area contributed by atoms with Crippen molar-refractivity contribution in [3.05, 3.63) is 57.6 Å². The normalized spacial score (nSPS) is 14.8. The van der Waals surface area contributed by atoms with E-state index in [4.69, 9.17) is 26.4 Å². The molecule has 0 bridgehead atoms. The third-order valence-electron chi connectivity index (χ3n) is 4.91. The SMILES string of the molecule is CCOC(=O)COc1c(Br)cc(/C=C2\C(=O)NC(=S)N(c3ccc(CC)cc3)C2=O)cc1OC. The number of halogens is 1. The van der Waals surface area contributed by atoms with Gasteiger partial charge in [0.1, 0.15) is 5.57 Å². The molecule has 0 aliphatic carbocycles. The number of anilines is 1. The first-order chi connectivity index (χ1) is 16.3. The second-order valence-corrected chi connectivity index (χ2v) is 8.35. The molecule has 0 atom stereocenters. The quantitative estimate of drug-likeness (QED) is 0.233. The third kappa shape index (κ3) is 5.63. The van der Waals surface area contributed by atoms with E-state index in [0.29, 0.717) is 21.5 Å². The molecule has 0 radical (unpaired) electrons. The van der Waals surface area contributed by atoms with Gasteiger partial charge in [-0.15, -0.1) is 0 Å². The van der Waals surface area contributed by atoms with Gasteiger partial charge in [0.15, 0.2) is 23.2 Å². The minimum Gasteiger partial charge on any atom is -0.493 e. The van der Waals surface area contributed by atoms with E-state index in [-0.39, 0.29) is 29.6 Å². The number of nitrogens with zero attached hydrogens (tertiary/aromatic N) is 1. The first-order valence-electron chi connectivity index (χ1n) is 10.4. The molecule has 0 aromatic heterocycles. The van der Waals surface area contributed by atoms with Crippen molar-refractivity contribution >= 4 is 62.8 Å². The molecule has 8 nitrogen and oxygen atoms in total. The predicted octanol–water partition coefficient (Wildman–Crippen LogP) is 3.79. The summed E-state index contributed by atoms with van der Waals surface area (Å²) in [5.41, 5.74) is 2.07. The summed E-state index contributed by atoms with van der Waals surface area (Å²) in [6.45, 7) is 3.68. The van der Waals surface area contributed by atoms with Crippen LogP contribution in [0.1, 0.15) is 25.0 Å². The van der Waals surface area contributed by atoms with Crippen LogP contribution >= 0.6 is 28.1 Å². The summed E-state index contributed by atoms with van der Waals surface area (Å²) < 4.78 is 16.2. The number of hydrogen-bond donors (Lipinski definition) is 1. The summed E-state index contributed by atoms with van der Waals surface area (Å²) in [4.78, 5) is 38.8. The predicted molar refractivity (Wildman–Crippen MR) is 135 cm³/mol. The van der Waals surface area contributed by atoms with Crippen molar-refractivity contribution in [3.63, 3.8) is 0 Å². The van der Waals surface area contributed by atoms with E-state index >= 15 is 0 Å². The molecule has 0 saturated carbocycles. The molecule has 1 heterocycles. The van der Waals surface area contributed by atoms with E-state index in [0.717, 1.165) is 12.0 Å². The lowest BCUT2D eigenvalue weighted by Gasteiger charge is -2.29. The van der Waals surface area contributed by atoms with Crippen LogP contribution in [0.2, 0.25) is 0 Å². The molecule has 2 aromatic rings. The Morgan fingerprint density at radius 3 is 2.50 bits per heavy atom. The monoisotopic (exact) mass is 546 g/mol. The average molecular weight is 547 g/mol. The molecule has 3 rings (SSSR count). The van der Waals surface area contributed by atoms with E-state index in [1.165, 1.54) is 18.1 Å². The Kier molecular flexibility index (Phi) is 8.41. The van der Waals surface area contributed by atoms with E-state index in [1.54, 1.807) is 31.2 Å². The van der Waals surface area contributed by atoms with Gasteiger partial charge in [-0.1, -0.05) is 19.1 Å². The molecule has 178 valence electrons. The Labute approximate surface area is 211 Å². The number of thiocarbonyl (C=S) groups is 1. The fourth-order valence-electron chi connectivity index (χ4n) is 3.24. The number of carbonyl (C=O) groups excluding carboxylic acids is 3. The fraction of sp³-hybridized carbons (Fsp3) is 0.250. The highest BCUT2D eigenvalue weighted by molar-refractivity contribution is 9.10. The van der Waals surface area contributed by atoms with Gasteiger partial charge in [-0.25, -0.2) is 4.79 Å². The first kappa shape index (κ1) is 25.4. The molecule has 1 aliphatic heterocycles. The maximum absolute atomic E-state index is 13.2. The number of ether oxygens (including phenoxy) is 3. The molecule has 2 amide bonds. The van der Waals surface area contributed by atoms with Crippen LogP contribution in [0.3, 0.4) is 0 Å². The molecule has 0 spiro atoms. The lowest BCUT2D eigenvalue weighted by atomic mass is 10.1. The molecule has 1 fully saturated rings. The molecule has 2 aromatic carbocycles. The summed E-state index contributed by atoms with van der Waals surface area (Å²) >= 11 is 8.64. The zero-order valence-electron chi connectivity index (χ0n) is 18.8. The lowest BCUT2D eigenvalue weighted by molar-refractivity contribution is -0.145. The second-order valence-electron chi connectivity index (χ2n) is 7.11. The highest BCUT2D eigenvalue weighted by atomic mass is 79.9. The highest BCUT2D eigenvalue weighted by Gasteiger charge is 2.34. The van der Waals surface area contributed by atoms with Crippen molar-refractivity contribution in [1.82, 2.24) is 5.32 Å². The molecule has 34 heavy (non-hydrogen) atoms. The van der Waals surface area contributed by atoms with Crippen LogP contribution in [0.15, 0.2) is 46.4 Å². The lowest BCUT2D eigenvalue weighted by Crippen LogP contribution is -2.54.